The molecular weight excluding hydrogens is 252 g/mol. The summed E-state index contributed by atoms with van der Waals surface area (Å²) in [7, 11) is 3.59. The van der Waals surface area contributed by atoms with Crippen LogP contribution in [0.15, 0.2) is 48.8 Å². The van der Waals surface area contributed by atoms with Crippen LogP contribution in [-0.4, -0.2) is 35.7 Å². The second kappa shape index (κ2) is 7.03. The van der Waals surface area contributed by atoms with Crippen LogP contribution in [0.2, 0.25) is 0 Å². The van der Waals surface area contributed by atoms with Crippen molar-refractivity contribution in [3.8, 4) is 5.75 Å². The number of aliphatic hydroxyl groups excluding tert-OH is 1. The van der Waals surface area contributed by atoms with E-state index < -0.39 is 6.10 Å². The van der Waals surface area contributed by atoms with Crippen LogP contribution in [0.4, 0.5) is 0 Å². The summed E-state index contributed by atoms with van der Waals surface area (Å²) in [5.41, 5.74) is 1.94. The van der Waals surface area contributed by atoms with E-state index in [-0.39, 0.29) is 0 Å². The van der Waals surface area contributed by atoms with Crippen molar-refractivity contribution in [2.24, 2.45) is 0 Å². The van der Waals surface area contributed by atoms with E-state index in [0.29, 0.717) is 6.54 Å². The topological polar surface area (TPSA) is 45.6 Å². The Morgan fingerprint density at radius 1 is 1.25 bits per heavy atom. The van der Waals surface area contributed by atoms with Crippen molar-refractivity contribution in [2.75, 3.05) is 20.7 Å². The molecule has 1 atom stereocenters. The van der Waals surface area contributed by atoms with Crippen LogP contribution >= 0.6 is 0 Å². The number of likely N-dealkylation sites (N-methyl/N-ethyl adjacent to an activating group) is 1. The molecule has 1 unspecified atom stereocenters. The van der Waals surface area contributed by atoms with E-state index in [1.54, 1.807) is 13.3 Å². The van der Waals surface area contributed by atoms with E-state index in [2.05, 4.69) is 9.88 Å². The second-order valence-electron chi connectivity index (χ2n) is 4.82. The van der Waals surface area contributed by atoms with Crippen molar-refractivity contribution in [1.82, 2.24) is 9.88 Å². The van der Waals surface area contributed by atoms with Gasteiger partial charge in [0.15, 0.2) is 0 Å². The zero-order valence-electron chi connectivity index (χ0n) is 11.9. The third-order valence-corrected chi connectivity index (χ3v) is 3.16. The normalized spacial score (nSPS) is 12.4. The number of rotatable bonds is 6. The summed E-state index contributed by atoms with van der Waals surface area (Å²) in [5.74, 6) is 0.717. The highest BCUT2D eigenvalue weighted by atomic mass is 16.5. The van der Waals surface area contributed by atoms with Gasteiger partial charge in [-0.3, -0.25) is 9.88 Å². The monoisotopic (exact) mass is 272 g/mol. The Hall–Kier alpha value is -1.91. The van der Waals surface area contributed by atoms with Crippen LogP contribution in [0.5, 0.6) is 5.75 Å². The third kappa shape index (κ3) is 3.79. The minimum absolute atomic E-state index is 0.537. The highest BCUT2D eigenvalue weighted by Gasteiger charge is 2.15. The van der Waals surface area contributed by atoms with Gasteiger partial charge in [0.2, 0.25) is 0 Å². The minimum atomic E-state index is -0.576. The Bertz CT molecular complexity index is 531. The molecule has 1 aromatic carbocycles. The molecule has 1 heterocycles. The van der Waals surface area contributed by atoms with Crippen LogP contribution in [0.25, 0.3) is 0 Å². The molecule has 0 aliphatic carbocycles. The second-order valence-corrected chi connectivity index (χ2v) is 4.82. The molecule has 0 aliphatic rings. The highest BCUT2D eigenvalue weighted by molar-refractivity contribution is 5.35. The number of pyridine rings is 1. The van der Waals surface area contributed by atoms with Crippen LogP contribution in [0.3, 0.4) is 0 Å². The smallest absolute Gasteiger partial charge is 0.124 e. The van der Waals surface area contributed by atoms with Gasteiger partial charge in [0, 0.05) is 31.0 Å². The maximum absolute atomic E-state index is 10.3. The lowest BCUT2D eigenvalue weighted by molar-refractivity contribution is 0.121. The zero-order valence-corrected chi connectivity index (χ0v) is 11.9. The first-order chi connectivity index (χ1) is 9.70. The van der Waals surface area contributed by atoms with Crippen molar-refractivity contribution < 1.29 is 9.84 Å². The molecule has 0 saturated carbocycles. The molecule has 0 spiro atoms. The molecule has 4 nitrogen and oxygen atoms in total. The van der Waals surface area contributed by atoms with Gasteiger partial charge in [-0.1, -0.05) is 24.3 Å². The molecule has 0 saturated heterocycles. The molecule has 1 N–H and O–H groups in total. The molecule has 0 fully saturated rings. The summed E-state index contributed by atoms with van der Waals surface area (Å²) >= 11 is 0. The lowest BCUT2D eigenvalue weighted by atomic mass is 10.1. The number of para-hydroxylation sites is 1. The summed E-state index contributed by atoms with van der Waals surface area (Å²) in [5, 5.41) is 10.3. The van der Waals surface area contributed by atoms with Gasteiger partial charge in [-0.2, -0.15) is 0 Å². The van der Waals surface area contributed by atoms with Crippen molar-refractivity contribution >= 4 is 0 Å². The number of methoxy groups -OCH3 is 1. The maximum Gasteiger partial charge on any atom is 0.124 e. The predicted molar refractivity (Wildman–Crippen MR) is 78.5 cm³/mol. The van der Waals surface area contributed by atoms with Gasteiger partial charge < -0.3 is 9.84 Å². The number of nitrogens with zero attached hydrogens (tertiary/aromatic N) is 2. The Labute approximate surface area is 119 Å². The van der Waals surface area contributed by atoms with Crippen molar-refractivity contribution in [2.45, 2.75) is 12.6 Å². The lowest BCUT2D eigenvalue weighted by Gasteiger charge is -2.22. The number of hydrogen-bond acceptors (Lipinski definition) is 4. The average Bonchev–Trinajstić information content (AvgIpc) is 2.48. The number of benzene rings is 1. The van der Waals surface area contributed by atoms with Gasteiger partial charge in [0.05, 0.1) is 13.2 Å². The Kier molecular flexibility index (Phi) is 5.09. The summed E-state index contributed by atoms with van der Waals surface area (Å²) in [6.07, 6.45) is 3.02. The summed E-state index contributed by atoms with van der Waals surface area (Å²) in [4.78, 5) is 6.16. The molecule has 2 rings (SSSR count). The molecule has 106 valence electrons. The van der Waals surface area contributed by atoms with E-state index in [1.165, 1.54) is 0 Å². The minimum Gasteiger partial charge on any atom is -0.496 e. The van der Waals surface area contributed by atoms with Gasteiger partial charge in [-0.05, 0) is 24.7 Å². The molecule has 0 bridgehead atoms. The Morgan fingerprint density at radius 3 is 2.75 bits per heavy atom. The Balaban J connectivity index is 1.98. The fraction of sp³-hybridized carbons (Fsp3) is 0.312. The van der Waals surface area contributed by atoms with Gasteiger partial charge in [0.25, 0.3) is 0 Å². The van der Waals surface area contributed by atoms with Crippen molar-refractivity contribution in [3.63, 3.8) is 0 Å². The first kappa shape index (κ1) is 14.5. The van der Waals surface area contributed by atoms with Crippen molar-refractivity contribution in [1.29, 1.82) is 0 Å². The molecule has 1 aromatic heterocycles. The molecule has 0 radical (unpaired) electrons. The summed E-state index contributed by atoms with van der Waals surface area (Å²) in [6.45, 7) is 1.29. The fourth-order valence-corrected chi connectivity index (χ4v) is 2.20. The predicted octanol–water partition coefficient (Wildman–Crippen LogP) is 2.26. The maximum atomic E-state index is 10.3. The first-order valence-corrected chi connectivity index (χ1v) is 6.59. The molecule has 0 aliphatic heterocycles. The first-order valence-electron chi connectivity index (χ1n) is 6.59. The quantitative estimate of drug-likeness (QED) is 0.876. The molecule has 2 aromatic rings. The van der Waals surface area contributed by atoms with E-state index >= 15 is 0 Å². The lowest BCUT2D eigenvalue weighted by Crippen LogP contribution is -2.24. The van der Waals surface area contributed by atoms with Crippen LogP contribution < -0.4 is 4.74 Å². The molecule has 0 amide bonds. The SMILES string of the molecule is COc1ccccc1C(O)CN(C)Cc1cccnc1. The number of hydrogen-bond donors (Lipinski definition) is 1. The highest BCUT2D eigenvalue weighted by Crippen LogP contribution is 2.25. The van der Waals surface area contributed by atoms with Crippen LogP contribution in [0.1, 0.15) is 17.2 Å². The van der Waals surface area contributed by atoms with E-state index in [1.807, 2.05) is 49.6 Å². The summed E-state index contributed by atoms with van der Waals surface area (Å²) < 4.78 is 5.28. The summed E-state index contributed by atoms with van der Waals surface area (Å²) in [6, 6.07) is 11.5. The molecule has 20 heavy (non-hydrogen) atoms. The third-order valence-electron chi connectivity index (χ3n) is 3.16. The fourth-order valence-electron chi connectivity index (χ4n) is 2.20. The zero-order chi connectivity index (χ0) is 14.4. The van der Waals surface area contributed by atoms with E-state index in [9.17, 15) is 5.11 Å². The largest absolute Gasteiger partial charge is 0.496 e. The number of ether oxygens (including phenoxy) is 1. The van der Waals surface area contributed by atoms with Gasteiger partial charge in [-0.25, -0.2) is 0 Å². The number of aliphatic hydroxyl groups is 1. The average molecular weight is 272 g/mol. The van der Waals surface area contributed by atoms with Crippen LogP contribution in [-0.2, 0) is 6.54 Å². The van der Waals surface area contributed by atoms with Crippen LogP contribution in [0, 0.1) is 0 Å². The van der Waals surface area contributed by atoms with Crippen molar-refractivity contribution in [3.05, 3.63) is 59.9 Å². The number of aromatic nitrogens is 1. The van der Waals surface area contributed by atoms with Gasteiger partial charge >= 0.3 is 0 Å². The standard InChI is InChI=1S/C16H20N2O2/c1-18(11-13-6-5-9-17-10-13)12-15(19)14-7-3-4-8-16(14)20-2/h3-10,15,19H,11-12H2,1-2H3. The molecule has 4 heteroatoms. The van der Waals surface area contributed by atoms with Gasteiger partial charge in [-0.15, -0.1) is 0 Å². The molecular formula is C16H20N2O2. The van der Waals surface area contributed by atoms with E-state index in [0.717, 1.165) is 23.4 Å². The Morgan fingerprint density at radius 2 is 2.05 bits per heavy atom. The van der Waals surface area contributed by atoms with E-state index in [4.69, 9.17) is 4.74 Å². The van der Waals surface area contributed by atoms with Gasteiger partial charge in [0.1, 0.15) is 5.75 Å².